The number of para-hydroxylation sites is 2. The van der Waals surface area contributed by atoms with Crippen LogP contribution in [-0.2, 0) is 11.2 Å². The molecule has 0 radical (unpaired) electrons. The molecule has 1 aromatic heterocycles. The summed E-state index contributed by atoms with van der Waals surface area (Å²) >= 11 is 0. The van der Waals surface area contributed by atoms with Gasteiger partial charge >= 0.3 is 0 Å². The molecule has 1 saturated heterocycles. The first-order chi connectivity index (χ1) is 13.7. The maximum absolute atomic E-state index is 12.6. The number of phenols is 1. The van der Waals surface area contributed by atoms with E-state index in [1.54, 1.807) is 6.07 Å². The topological polar surface area (TPSA) is 82.7 Å². The number of nitrogens with zero attached hydrogens (tertiary/aromatic N) is 4. The van der Waals surface area contributed by atoms with Gasteiger partial charge in [-0.05, 0) is 25.0 Å². The SMILES string of the molecule is O=C(CCc1nnc(C2CCCCC2)o1)N1CCN(c2ccccc2O)CC1. The molecule has 1 aliphatic carbocycles. The molecule has 1 aliphatic heterocycles. The van der Waals surface area contributed by atoms with E-state index in [2.05, 4.69) is 15.1 Å². The van der Waals surface area contributed by atoms with Gasteiger partial charge in [0, 0.05) is 44.9 Å². The minimum Gasteiger partial charge on any atom is -0.506 e. The molecule has 0 spiro atoms. The average Bonchev–Trinajstić information content (AvgIpc) is 3.22. The fraction of sp³-hybridized carbons (Fsp3) is 0.571. The van der Waals surface area contributed by atoms with Crippen LogP contribution in [0.25, 0.3) is 0 Å². The molecule has 1 saturated carbocycles. The number of rotatable bonds is 5. The molecule has 1 N–H and O–H groups in total. The van der Waals surface area contributed by atoms with Crippen LogP contribution < -0.4 is 4.90 Å². The summed E-state index contributed by atoms with van der Waals surface area (Å²) in [5.41, 5.74) is 0.829. The molecule has 7 heteroatoms. The Labute approximate surface area is 165 Å². The predicted molar refractivity (Wildman–Crippen MR) is 105 cm³/mol. The highest BCUT2D eigenvalue weighted by Gasteiger charge is 2.24. The number of piperazine rings is 1. The quantitative estimate of drug-likeness (QED) is 0.853. The fourth-order valence-electron chi connectivity index (χ4n) is 4.18. The largest absolute Gasteiger partial charge is 0.506 e. The van der Waals surface area contributed by atoms with Gasteiger partial charge in [-0.1, -0.05) is 31.4 Å². The van der Waals surface area contributed by atoms with Crippen molar-refractivity contribution in [2.45, 2.75) is 50.9 Å². The normalized spacial score (nSPS) is 18.4. The van der Waals surface area contributed by atoms with Crippen molar-refractivity contribution < 1.29 is 14.3 Å². The summed E-state index contributed by atoms with van der Waals surface area (Å²) in [6.45, 7) is 2.75. The van der Waals surface area contributed by atoms with Crippen LogP contribution in [0.15, 0.2) is 28.7 Å². The third-order valence-electron chi connectivity index (χ3n) is 5.84. The summed E-state index contributed by atoms with van der Waals surface area (Å²) < 4.78 is 5.82. The second-order valence-corrected chi connectivity index (χ2v) is 7.73. The highest BCUT2D eigenvalue weighted by Crippen LogP contribution is 2.32. The number of carbonyl (C=O) groups is 1. The smallest absolute Gasteiger partial charge is 0.223 e. The summed E-state index contributed by atoms with van der Waals surface area (Å²) in [6, 6.07) is 7.33. The molecule has 28 heavy (non-hydrogen) atoms. The van der Waals surface area contributed by atoms with Crippen LogP contribution in [0.1, 0.15) is 56.2 Å². The van der Waals surface area contributed by atoms with Crippen molar-refractivity contribution in [2.24, 2.45) is 0 Å². The minimum atomic E-state index is 0.120. The second-order valence-electron chi connectivity index (χ2n) is 7.73. The molecular formula is C21H28N4O3. The third-order valence-corrected chi connectivity index (χ3v) is 5.84. The maximum atomic E-state index is 12.6. The average molecular weight is 384 g/mol. The van der Waals surface area contributed by atoms with Crippen LogP contribution in [0.2, 0.25) is 0 Å². The van der Waals surface area contributed by atoms with Crippen LogP contribution in [0.4, 0.5) is 5.69 Å². The Balaban J connectivity index is 1.25. The first-order valence-electron chi connectivity index (χ1n) is 10.3. The first kappa shape index (κ1) is 18.8. The van der Waals surface area contributed by atoms with Crippen LogP contribution >= 0.6 is 0 Å². The van der Waals surface area contributed by atoms with Crippen LogP contribution in [0, 0.1) is 0 Å². The van der Waals surface area contributed by atoms with Crippen molar-refractivity contribution >= 4 is 11.6 Å². The van der Waals surface area contributed by atoms with Crippen molar-refractivity contribution in [3.05, 3.63) is 36.0 Å². The van der Waals surface area contributed by atoms with Crippen molar-refractivity contribution in [2.75, 3.05) is 31.1 Å². The number of aromatic nitrogens is 2. The van der Waals surface area contributed by atoms with Gasteiger partial charge in [-0.2, -0.15) is 0 Å². The van der Waals surface area contributed by atoms with E-state index >= 15 is 0 Å². The van der Waals surface area contributed by atoms with Gasteiger partial charge < -0.3 is 19.3 Å². The molecule has 2 aromatic rings. The summed E-state index contributed by atoms with van der Waals surface area (Å²) in [5.74, 6) is 2.12. The zero-order valence-corrected chi connectivity index (χ0v) is 16.2. The summed E-state index contributed by atoms with van der Waals surface area (Å²) in [4.78, 5) is 16.6. The van der Waals surface area contributed by atoms with E-state index in [1.165, 1.54) is 19.3 Å². The highest BCUT2D eigenvalue weighted by molar-refractivity contribution is 5.76. The number of hydrogen-bond acceptors (Lipinski definition) is 6. The molecule has 0 bridgehead atoms. The number of benzene rings is 1. The first-order valence-corrected chi connectivity index (χ1v) is 10.3. The summed E-state index contributed by atoms with van der Waals surface area (Å²) in [6.07, 6.45) is 6.90. The van der Waals surface area contributed by atoms with E-state index in [1.807, 2.05) is 23.1 Å². The van der Waals surface area contributed by atoms with E-state index in [0.29, 0.717) is 37.7 Å². The van der Waals surface area contributed by atoms with E-state index < -0.39 is 0 Å². The molecule has 2 aliphatic rings. The number of anilines is 1. The predicted octanol–water partition coefficient (Wildman–Crippen LogP) is 3.10. The molecule has 7 nitrogen and oxygen atoms in total. The number of phenolic OH excluding ortho intramolecular Hbond substituents is 1. The summed E-state index contributed by atoms with van der Waals surface area (Å²) in [7, 11) is 0. The monoisotopic (exact) mass is 384 g/mol. The Kier molecular flexibility index (Phi) is 5.78. The van der Waals surface area contributed by atoms with Crippen LogP contribution in [0.3, 0.4) is 0 Å². The number of aromatic hydroxyl groups is 1. The van der Waals surface area contributed by atoms with Gasteiger partial charge in [0.15, 0.2) is 0 Å². The molecule has 2 heterocycles. The Bertz CT molecular complexity index is 792. The number of carbonyl (C=O) groups excluding carboxylic acids is 1. The minimum absolute atomic E-state index is 0.120. The lowest BCUT2D eigenvalue weighted by Crippen LogP contribution is -2.48. The van der Waals surface area contributed by atoms with Gasteiger partial charge in [-0.25, -0.2) is 0 Å². The highest BCUT2D eigenvalue weighted by atomic mass is 16.4. The van der Waals surface area contributed by atoms with Gasteiger partial charge in [0.25, 0.3) is 0 Å². The van der Waals surface area contributed by atoms with Crippen molar-refractivity contribution in [3.63, 3.8) is 0 Å². The molecular weight excluding hydrogens is 356 g/mol. The molecule has 1 amide bonds. The Morgan fingerprint density at radius 3 is 2.57 bits per heavy atom. The van der Waals surface area contributed by atoms with Crippen molar-refractivity contribution in [3.8, 4) is 5.75 Å². The zero-order chi connectivity index (χ0) is 19.3. The molecule has 0 atom stereocenters. The molecule has 150 valence electrons. The van der Waals surface area contributed by atoms with Gasteiger partial charge in [0.05, 0.1) is 5.69 Å². The summed E-state index contributed by atoms with van der Waals surface area (Å²) in [5, 5.41) is 18.4. The van der Waals surface area contributed by atoms with Crippen molar-refractivity contribution in [1.82, 2.24) is 15.1 Å². The van der Waals surface area contributed by atoms with Gasteiger partial charge in [-0.3, -0.25) is 4.79 Å². The van der Waals surface area contributed by atoms with Gasteiger partial charge in [0.2, 0.25) is 17.7 Å². The maximum Gasteiger partial charge on any atom is 0.223 e. The number of aryl methyl sites for hydroxylation is 1. The van der Waals surface area contributed by atoms with Crippen LogP contribution in [-0.4, -0.2) is 52.3 Å². The Morgan fingerprint density at radius 1 is 1.07 bits per heavy atom. The Morgan fingerprint density at radius 2 is 1.82 bits per heavy atom. The van der Waals surface area contributed by atoms with Gasteiger partial charge in [0.1, 0.15) is 5.75 Å². The lowest BCUT2D eigenvalue weighted by atomic mass is 9.89. The number of amides is 1. The third kappa shape index (κ3) is 4.29. The second kappa shape index (κ2) is 8.63. The van der Waals surface area contributed by atoms with E-state index in [-0.39, 0.29) is 11.7 Å². The molecule has 4 rings (SSSR count). The molecule has 2 fully saturated rings. The van der Waals surface area contributed by atoms with E-state index in [4.69, 9.17) is 4.42 Å². The van der Waals surface area contributed by atoms with Crippen molar-refractivity contribution in [1.29, 1.82) is 0 Å². The molecule has 0 unspecified atom stereocenters. The number of hydrogen-bond donors (Lipinski definition) is 1. The van der Waals surface area contributed by atoms with E-state index in [9.17, 15) is 9.90 Å². The lowest BCUT2D eigenvalue weighted by molar-refractivity contribution is -0.131. The van der Waals surface area contributed by atoms with Crippen LogP contribution in [0.5, 0.6) is 5.75 Å². The molecule has 1 aromatic carbocycles. The Hall–Kier alpha value is -2.57. The fourth-order valence-corrected chi connectivity index (χ4v) is 4.18. The zero-order valence-electron chi connectivity index (χ0n) is 16.2. The van der Waals surface area contributed by atoms with Gasteiger partial charge in [-0.15, -0.1) is 10.2 Å². The van der Waals surface area contributed by atoms with E-state index in [0.717, 1.165) is 37.5 Å². The lowest BCUT2D eigenvalue weighted by Gasteiger charge is -2.36. The standard InChI is InChI=1S/C21H28N4O3/c26-18-9-5-4-8-17(18)24-12-14-25(15-13-24)20(27)11-10-19-22-23-21(28-19)16-6-2-1-3-7-16/h4-5,8-9,16,26H,1-3,6-7,10-15H2.